The van der Waals surface area contributed by atoms with Crippen molar-refractivity contribution in [2.45, 2.75) is 11.4 Å². The number of hydrogen-bond donors (Lipinski definition) is 1. The fraction of sp³-hybridized carbons (Fsp3) is 0.500. The SMILES string of the molecule is COc1cc2sc(CN)nc2cc1S(=O)(=O)N1CCN(C)CC1. The van der Waals surface area contributed by atoms with Crippen LogP contribution >= 0.6 is 11.3 Å². The third-order valence-corrected chi connectivity index (χ3v) is 6.93. The smallest absolute Gasteiger partial charge is 0.246 e. The number of hydrogen-bond acceptors (Lipinski definition) is 7. The molecule has 1 aliphatic rings. The van der Waals surface area contributed by atoms with E-state index >= 15 is 0 Å². The number of methoxy groups -OCH3 is 1. The van der Waals surface area contributed by atoms with Crippen LogP contribution in [-0.4, -0.2) is 62.9 Å². The normalized spacial score (nSPS) is 17.7. The molecular weight excluding hydrogens is 336 g/mol. The van der Waals surface area contributed by atoms with Crippen molar-refractivity contribution in [2.24, 2.45) is 5.73 Å². The Morgan fingerprint density at radius 2 is 2.00 bits per heavy atom. The Bertz CT molecular complexity index is 811. The van der Waals surface area contributed by atoms with Crippen molar-refractivity contribution in [2.75, 3.05) is 40.3 Å². The molecule has 0 bridgehead atoms. The van der Waals surface area contributed by atoms with Gasteiger partial charge in [0.25, 0.3) is 0 Å². The zero-order valence-corrected chi connectivity index (χ0v) is 14.8. The van der Waals surface area contributed by atoms with Gasteiger partial charge in [0.2, 0.25) is 10.0 Å². The highest BCUT2D eigenvalue weighted by Crippen LogP contribution is 2.34. The molecule has 0 unspecified atom stereocenters. The lowest BCUT2D eigenvalue weighted by molar-refractivity contribution is 0.222. The Hall–Kier alpha value is -1.26. The first-order valence-electron chi connectivity index (χ1n) is 7.32. The molecule has 2 aromatic rings. The van der Waals surface area contributed by atoms with Gasteiger partial charge in [0, 0.05) is 38.8 Å². The minimum atomic E-state index is -3.60. The van der Waals surface area contributed by atoms with Crippen LogP contribution in [0.25, 0.3) is 10.2 Å². The number of nitrogens with zero attached hydrogens (tertiary/aromatic N) is 3. The first-order valence-corrected chi connectivity index (χ1v) is 9.57. The van der Waals surface area contributed by atoms with Crippen LogP contribution in [0.15, 0.2) is 17.0 Å². The van der Waals surface area contributed by atoms with E-state index < -0.39 is 10.0 Å². The predicted molar refractivity (Wildman–Crippen MR) is 90.3 cm³/mol. The highest BCUT2D eigenvalue weighted by atomic mass is 32.2. The molecule has 1 fully saturated rings. The molecule has 0 radical (unpaired) electrons. The minimum Gasteiger partial charge on any atom is -0.495 e. The van der Waals surface area contributed by atoms with Crippen LogP contribution < -0.4 is 10.5 Å². The van der Waals surface area contributed by atoms with Crippen LogP contribution in [0.3, 0.4) is 0 Å². The number of nitrogens with two attached hydrogens (primary N) is 1. The van der Waals surface area contributed by atoms with Crippen molar-refractivity contribution in [3.05, 3.63) is 17.1 Å². The van der Waals surface area contributed by atoms with Gasteiger partial charge in [0.1, 0.15) is 15.7 Å². The fourth-order valence-electron chi connectivity index (χ4n) is 2.60. The van der Waals surface area contributed by atoms with E-state index in [1.165, 1.54) is 22.8 Å². The monoisotopic (exact) mass is 356 g/mol. The standard InChI is InChI=1S/C14H20N4O3S2/c1-17-3-5-18(6-4-17)23(19,20)13-7-10-12(8-11(13)21-2)22-14(9-15)16-10/h7-8H,3-6,9,15H2,1-2H3. The lowest BCUT2D eigenvalue weighted by Gasteiger charge is -2.31. The molecule has 1 aromatic heterocycles. The summed E-state index contributed by atoms with van der Waals surface area (Å²) in [6.07, 6.45) is 0. The topological polar surface area (TPSA) is 88.8 Å². The van der Waals surface area contributed by atoms with Crippen molar-refractivity contribution < 1.29 is 13.2 Å². The van der Waals surface area contributed by atoms with Gasteiger partial charge >= 0.3 is 0 Å². The summed E-state index contributed by atoms with van der Waals surface area (Å²) in [5.74, 6) is 0.351. The first-order chi connectivity index (χ1) is 11.0. The molecule has 1 aromatic carbocycles. The number of rotatable bonds is 4. The lowest BCUT2D eigenvalue weighted by Crippen LogP contribution is -2.47. The second-order valence-electron chi connectivity index (χ2n) is 5.49. The molecule has 2 heterocycles. The Labute approximate surface area is 139 Å². The number of sulfonamides is 1. The molecule has 0 aliphatic carbocycles. The van der Waals surface area contributed by atoms with Crippen LogP contribution in [-0.2, 0) is 16.6 Å². The number of thiazole rings is 1. The van der Waals surface area contributed by atoms with E-state index in [2.05, 4.69) is 9.88 Å². The summed E-state index contributed by atoms with van der Waals surface area (Å²) >= 11 is 1.45. The molecule has 1 aliphatic heterocycles. The summed E-state index contributed by atoms with van der Waals surface area (Å²) in [6.45, 7) is 2.73. The highest BCUT2D eigenvalue weighted by molar-refractivity contribution is 7.89. The Morgan fingerprint density at radius 1 is 1.30 bits per heavy atom. The molecule has 7 nitrogen and oxygen atoms in total. The molecule has 3 rings (SSSR count). The number of likely N-dealkylation sites (N-methyl/N-ethyl adjacent to an activating group) is 1. The van der Waals surface area contributed by atoms with Gasteiger partial charge < -0.3 is 15.4 Å². The highest BCUT2D eigenvalue weighted by Gasteiger charge is 2.30. The van der Waals surface area contributed by atoms with Crippen LogP contribution in [0.4, 0.5) is 0 Å². The summed E-state index contributed by atoms with van der Waals surface area (Å²) in [7, 11) is -0.135. The van der Waals surface area contributed by atoms with E-state index in [9.17, 15) is 8.42 Å². The predicted octanol–water partition coefficient (Wildman–Crippen LogP) is 0.700. The third-order valence-electron chi connectivity index (χ3n) is 3.97. The van der Waals surface area contributed by atoms with Gasteiger partial charge in [-0.2, -0.15) is 4.31 Å². The van der Waals surface area contributed by atoms with Gasteiger partial charge in [0.15, 0.2) is 0 Å². The van der Waals surface area contributed by atoms with Crippen LogP contribution in [0.1, 0.15) is 5.01 Å². The van der Waals surface area contributed by atoms with Gasteiger partial charge in [-0.3, -0.25) is 0 Å². The maximum Gasteiger partial charge on any atom is 0.246 e. The Kier molecular flexibility index (Phi) is 4.56. The molecule has 0 amide bonds. The van der Waals surface area contributed by atoms with Crippen LogP contribution in [0.2, 0.25) is 0 Å². The number of ether oxygens (including phenoxy) is 1. The quantitative estimate of drug-likeness (QED) is 0.867. The molecular formula is C14H20N4O3S2. The largest absolute Gasteiger partial charge is 0.495 e. The third kappa shape index (κ3) is 3.07. The number of piperazine rings is 1. The zero-order valence-electron chi connectivity index (χ0n) is 13.2. The molecule has 0 spiro atoms. The lowest BCUT2D eigenvalue weighted by atomic mass is 10.3. The van der Waals surface area contributed by atoms with Crippen molar-refractivity contribution in [1.29, 1.82) is 0 Å². The summed E-state index contributed by atoms with van der Waals surface area (Å²) in [6, 6.07) is 3.33. The van der Waals surface area contributed by atoms with E-state index in [1.807, 2.05) is 7.05 Å². The first kappa shape index (κ1) is 16.6. The number of aromatic nitrogens is 1. The molecule has 23 heavy (non-hydrogen) atoms. The van der Waals surface area contributed by atoms with E-state index in [0.29, 0.717) is 30.9 Å². The van der Waals surface area contributed by atoms with E-state index in [4.69, 9.17) is 10.5 Å². The maximum atomic E-state index is 13.0. The fourth-order valence-corrected chi connectivity index (χ4v) is 5.04. The molecule has 9 heteroatoms. The van der Waals surface area contributed by atoms with Crippen molar-refractivity contribution in [3.8, 4) is 5.75 Å². The van der Waals surface area contributed by atoms with Crippen molar-refractivity contribution in [1.82, 2.24) is 14.2 Å². The summed E-state index contributed by atoms with van der Waals surface area (Å²) in [5.41, 5.74) is 6.27. The van der Waals surface area contributed by atoms with Gasteiger partial charge in [-0.05, 0) is 13.1 Å². The second-order valence-corrected chi connectivity index (χ2v) is 8.51. The Balaban J connectivity index is 2.06. The van der Waals surface area contributed by atoms with Gasteiger partial charge in [-0.1, -0.05) is 0 Å². The average molecular weight is 356 g/mol. The number of benzene rings is 1. The van der Waals surface area contributed by atoms with Gasteiger partial charge in [0.05, 0.1) is 17.3 Å². The summed E-state index contributed by atoms with van der Waals surface area (Å²) in [4.78, 5) is 6.67. The van der Waals surface area contributed by atoms with Gasteiger partial charge in [-0.25, -0.2) is 13.4 Å². The van der Waals surface area contributed by atoms with Crippen LogP contribution in [0, 0.1) is 0 Å². The molecule has 2 N–H and O–H groups in total. The molecule has 126 valence electrons. The molecule has 1 saturated heterocycles. The van der Waals surface area contributed by atoms with E-state index in [-0.39, 0.29) is 4.90 Å². The maximum absolute atomic E-state index is 13.0. The van der Waals surface area contributed by atoms with E-state index in [0.717, 1.165) is 22.8 Å². The Morgan fingerprint density at radius 3 is 2.61 bits per heavy atom. The number of fused-ring (bicyclic) bond motifs is 1. The van der Waals surface area contributed by atoms with E-state index in [1.54, 1.807) is 12.1 Å². The molecule has 0 saturated carbocycles. The van der Waals surface area contributed by atoms with Crippen LogP contribution in [0.5, 0.6) is 5.75 Å². The van der Waals surface area contributed by atoms with Crippen molar-refractivity contribution in [3.63, 3.8) is 0 Å². The minimum absolute atomic E-state index is 0.172. The average Bonchev–Trinajstić information content (AvgIpc) is 2.96. The summed E-state index contributed by atoms with van der Waals surface area (Å²) in [5, 5.41) is 0.774. The second kappa shape index (κ2) is 6.33. The van der Waals surface area contributed by atoms with Gasteiger partial charge in [-0.15, -0.1) is 11.3 Å². The molecule has 0 atom stereocenters. The van der Waals surface area contributed by atoms with Crippen molar-refractivity contribution >= 4 is 31.6 Å². The zero-order chi connectivity index (χ0) is 16.6. The summed E-state index contributed by atoms with van der Waals surface area (Å²) < 4.78 is 33.7.